The molecule has 170 valence electrons. The lowest BCUT2D eigenvalue weighted by molar-refractivity contribution is 0.215. The second kappa shape index (κ2) is 7.48. The number of nitrogens with zero attached hydrogens (tertiary/aromatic N) is 5. The molecule has 33 heavy (non-hydrogen) atoms. The van der Waals surface area contributed by atoms with Crippen molar-refractivity contribution in [2.75, 3.05) is 25.0 Å². The van der Waals surface area contributed by atoms with Gasteiger partial charge in [-0.05, 0) is 61.8 Å². The van der Waals surface area contributed by atoms with Crippen LogP contribution >= 0.6 is 0 Å². The van der Waals surface area contributed by atoms with Crippen molar-refractivity contribution in [2.24, 2.45) is 5.41 Å². The molecule has 2 N–H and O–H groups in total. The first-order chi connectivity index (χ1) is 15.9. The van der Waals surface area contributed by atoms with Crippen molar-refractivity contribution < 1.29 is 0 Å². The van der Waals surface area contributed by atoms with Crippen LogP contribution in [-0.2, 0) is 0 Å². The number of hydrogen-bond acceptors (Lipinski definition) is 6. The SMILES string of the molecule is Cc1cc2c(-c3nc(N(C)C4CCNCC4(C)C)c4c(C5CC5)cncc4n3)ccnc2[nH]1. The Balaban J connectivity index is 1.59. The van der Waals surface area contributed by atoms with Crippen molar-refractivity contribution in [2.45, 2.75) is 52.0 Å². The molecule has 2 aliphatic rings. The molecule has 1 aliphatic carbocycles. The molecule has 0 radical (unpaired) electrons. The molecule has 4 aromatic rings. The molecule has 0 amide bonds. The zero-order valence-corrected chi connectivity index (χ0v) is 19.8. The van der Waals surface area contributed by atoms with E-state index in [1.54, 1.807) is 0 Å². The van der Waals surface area contributed by atoms with Gasteiger partial charge in [0.1, 0.15) is 11.5 Å². The van der Waals surface area contributed by atoms with Gasteiger partial charge in [-0.25, -0.2) is 15.0 Å². The Morgan fingerprint density at radius 3 is 2.76 bits per heavy atom. The van der Waals surface area contributed by atoms with E-state index >= 15 is 0 Å². The van der Waals surface area contributed by atoms with Gasteiger partial charge in [0.15, 0.2) is 5.82 Å². The number of aromatic amines is 1. The predicted octanol–water partition coefficient (Wildman–Crippen LogP) is 4.58. The molecule has 1 unspecified atom stereocenters. The zero-order chi connectivity index (χ0) is 22.7. The Morgan fingerprint density at radius 2 is 1.97 bits per heavy atom. The minimum absolute atomic E-state index is 0.138. The van der Waals surface area contributed by atoms with E-state index in [-0.39, 0.29) is 5.41 Å². The number of rotatable bonds is 4. The monoisotopic (exact) mass is 441 g/mol. The van der Waals surface area contributed by atoms with Gasteiger partial charge in [-0.1, -0.05) is 13.8 Å². The van der Waals surface area contributed by atoms with E-state index in [2.05, 4.69) is 59.1 Å². The maximum absolute atomic E-state index is 5.27. The van der Waals surface area contributed by atoms with Crippen LogP contribution in [0.3, 0.4) is 0 Å². The number of anilines is 1. The summed E-state index contributed by atoms with van der Waals surface area (Å²) < 4.78 is 0. The minimum atomic E-state index is 0.138. The van der Waals surface area contributed by atoms with Gasteiger partial charge in [-0.3, -0.25) is 4.98 Å². The van der Waals surface area contributed by atoms with Crippen LogP contribution in [0, 0.1) is 12.3 Å². The van der Waals surface area contributed by atoms with Crippen molar-refractivity contribution in [3.05, 3.63) is 42.0 Å². The van der Waals surface area contributed by atoms with Gasteiger partial charge in [0.2, 0.25) is 0 Å². The second-order valence-corrected chi connectivity index (χ2v) is 10.4. The van der Waals surface area contributed by atoms with E-state index in [0.717, 1.165) is 59.0 Å². The quantitative estimate of drug-likeness (QED) is 0.482. The van der Waals surface area contributed by atoms with E-state index in [9.17, 15) is 0 Å². The molecule has 5 heterocycles. The summed E-state index contributed by atoms with van der Waals surface area (Å²) in [6.45, 7) is 8.78. The number of piperidine rings is 1. The molecule has 0 aromatic carbocycles. The average Bonchev–Trinajstić information content (AvgIpc) is 3.57. The summed E-state index contributed by atoms with van der Waals surface area (Å²) in [5.41, 5.74) is 5.31. The lowest BCUT2D eigenvalue weighted by atomic mass is 9.79. The first-order valence-electron chi connectivity index (χ1n) is 12.0. The van der Waals surface area contributed by atoms with Crippen molar-refractivity contribution in [3.8, 4) is 11.4 Å². The standard InChI is InChI=1S/C26H31N7/c1-15-11-18-17(7-10-29-23(18)30-15)24-31-20-13-28-12-19(16-5-6-16)22(20)25(32-24)33(4)21-8-9-27-14-26(21,2)3/h7,10-13,16,21,27H,5-6,8-9,14H2,1-4H3,(H,29,30). The number of hydrogen-bond donors (Lipinski definition) is 2. The molecule has 1 saturated carbocycles. The lowest BCUT2D eigenvalue weighted by Gasteiger charge is -2.45. The Labute approximate surface area is 194 Å². The first kappa shape index (κ1) is 20.5. The number of H-pyrrole nitrogens is 1. The van der Waals surface area contributed by atoms with Crippen molar-refractivity contribution >= 4 is 27.8 Å². The van der Waals surface area contributed by atoms with Crippen molar-refractivity contribution in [1.82, 2.24) is 30.2 Å². The maximum Gasteiger partial charge on any atom is 0.163 e. The lowest BCUT2D eigenvalue weighted by Crippen LogP contribution is -2.53. The molecule has 7 nitrogen and oxygen atoms in total. The summed E-state index contributed by atoms with van der Waals surface area (Å²) in [5.74, 6) is 2.33. The normalized spacial score (nSPS) is 20.4. The van der Waals surface area contributed by atoms with Crippen molar-refractivity contribution in [1.29, 1.82) is 0 Å². The summed E-state index contributed by atoms with van der Waals surface area (Å²) in [4.78, 5) is 25.2. The zero-order valence-electron chi connectivity index (χ0n) is 19.8. The highest BCUT2D eigenvalue weighted by atomic mass is 15.2. The van der Waals surface area contributed by atoms with Crippen LogP contribution in [0.25, 0.3) is 33.3 Å². The van der Waals surface area contributed by atoms with Crippen LogP contribution < -0.4 is 10.2 Å². The van der Waals surface area contributed by atoms with Gasteiger partial charge >= 0.3 is 0 Å². The summed E-state index contributed by atoms with van der Waals surface area (Å²) in [5, 5.41) is 5.79. The molecule has 2 fully saturated rings. The van der Waals surface area contributed by atoms with E-state index in [0.29, 0.717) is 12.0 Å². The minimum Gasteiger partial charge on any atom is -0.355 e. The third-order valence-electron chi connectivity index (χ3n) is 7.42. The molecule has 6 rings (SSSR count). The second-order valence-electron chi connectivity index (χ2n) is 10.4. The number of pyridine rings is 2. The van der Waals surface area contributed by atoms with Crippen LogP contribution in [0.1, 0.15) is 50.3 Å². The van der Waals surface area contributed by atoms with Crippen LogP contribution in [0.5, 0.6) is 0 Å². The molecule has 0 spiro atoms. The summed E-state index contributed by atoms with van der Waals surface area (Å²) >= 11 is 0. The molecular formula is C26H31N7. The third kappa shape index (κ3) is 3.46. The van der Waals surface area contributed by atoms with E-state index < -0.39 is 0 Å². The number of aromatic nitrogens is 5. The first-order valence-corrected chi connectivity index (χ1v) is 12.0. The van der Waals surface area contributed by atoms with Crippen LogP contribution in [-0.4, -0.2) is 51.1 Å². The van der Waals surface area contributed by atoms with Crippen molar-refractivity contribution in [3.63, 3.8) is 0 Å². The van der Waals surface area contributed by atoms with E-state index in [1.165, 1.54) is 23.8 Å². The fraction of sp³-hybridized carbons (Fsp3) is 0.462. The van der Waals surface area contributed by atoms with Crippen LogP contribution in [0.4, 0.5) is 5.82 Å². The number of nitrogens with one attached hydrogen (secondary N) is 2. The van der Waals surface area contributed by atoms with Crippen LogP contribution in [0.2, 0.25) is 0 Å². The topological polar surface area (TPSA) is 82.6 Å². The number of fused-ring (bicyclic) bond motifs is 2. The third-order valence-corrected chi connectivity index (χ3v) is 7.42. The van der Waals surface area contributed by atoms with Gasteiger partial charge in [-0.2, -0.15) is 0 Å². The molecule has 1 atom stereocenters. The highest BCUT2D eigenvalue weighted by Crippen LogP contribution is 2.45. The molecular weight excluding hydrogens is 410 g/mol. The van der Waals surface area contributed by atoms with Gasteiger partial charge < -0.3 is 15.2 Å². The molecule has 7 heteroatoms. The summed E-state index contributed by atoms with van der Waals surface area (Å²) in [6, 6.07) is 4.54. The Morgan fingerprint density at radius 1 is 1.12 bits per heavy atom. The Bertz CT molecular complexity index is 1350. The summed E-state index contributed by atoms with van der Waals surface area (Å²) in [7, 11) is 2.21. The van der Waals surface area contributed by atoms with E-state index in [1.807, 2.05) is 24.7 Å². The van der Waals surface area contributed by atoms with Gasteiger partial charge in [-0.15, -0.1) is 0 Å². The Kier molecular flexibility index (Phi) is 4.66. The maximum atomic E-state index is 5.27. The molecule has 1 aliphatic heterocycles. The molecule has 0 bridgehead atoms. The number of aryl methyl sites for hydroxylation is 1. The summed E-state index contributed by atoms with van der Waals surface area (Å²) in [6.07, 6.45) is 9.30. The smallest absolute Gasteiger partial charge is 0.163 e. The largest absolute Gasteiger partial charge is 0.355 e. The molecule has 1 saturated heterocycles. The highest BCUT2D eigenvalue weighted by Gasteiger charge is 2.37. The Hall–Kier alpha value is -3.06. The van der Waals surface area contributed by atoms with E-state index in [4.69, 9.17) is 9.97 Å². The highest BCUT2D eigenvalue weighted by molar-refractivity contribution is 5.97. The predicted molar refractivity (Wildman–Crippen MR) is 133 cm³/mol. The van der Waals surface area contributed by atoms with Gasteiger partial charge in [0, 0.05) is 54.1 Å². The van der Waals surface area contributed by atoms with Gasteiger partial charge in [0.25, 0.3) is 0 Å². The molecule has 4 aromatic heterocycles. The fourth-order valence-electron chi connectivity index (χ4n) is 5.55. The van der Waals surface area contributed by atoms with Gasteiger partial charge in [0.05, 0.1) is 11.7 Å². The average molecular weight is 442 g/mol. The van der Waals surface area contributed by atoms with Crippen LogP contribution in [0.15, 0.2) is 30.7 Å². The fourth-order valence-corrected chi connectivity index (χ4v) is 5.55.